The number of hydrogen-bond donors (Lipinski definition) is 1. The van der Waals surface area contributed by atoms with Crippen molar-refractivity contribution in [3.8, 4) is 5.75 Å². The molecule has 0 aliphatic carbocycles. The van der Waals surface area contributed by atoms with Crippen LogP contribution in [-0.4, -0.2) is 10.6 Å². The number of nitrogens with one attached hydrogen (secondary N) is 1. The summed E-state index contributed by atoms with van der Waals surface area (Å²) in [6.07, 6.45) is -4.05. The molecule has 0 bridgehead atoms. The molecule has 1 N–H and O–H groups in total. The normalized spacial score (nSPS) is 17.1. The Kier molecular flexibility index (Phi) is 2.46. The van der Waals surface area contributed by atoms with E-state index in [1.165, 1.54) is 6.07 Å². The lowest BCUT2D eigenvalue weighted by atomic mass is 10.0. The Morgan fingerprint density at radius 2 is 2.00 bits per heavy atom. The zero-order valence-electron chi connectivity index (χ0n) is 10.9. The topological polar surface area (TPSA) is 42.1 Å². The molecular formula is C14H12F3NO2. The summed E-state index contributed by atoms with van der Waals surface area (Å²) in [5, 5.41) is 0.292. The molecule has 1 aromatic carbocycles. The first-order valence-electron chi connectivity index (χ1n) is 6.12. The number of rotatable bonds is 0. The number of pyridine rings is 1. The molecule has 3 nitrogen and oxygen atoms in total. The van der Waals surface area contributed by atoms with Crippen LogP contribution < -0.4 is 10.3 Å². The van der Waals surface area contributed by atoms with Gasteiger partial charge in [-0.05, 0) is 32.0 Å². The van der Waals surface area contributed by atoms with E-state index in [1.54, 1.807) is 13.8 Å². The minimum absolute atomic E-state index is 0.264. The third kappa shape index (κ3) is 1.95. The van der Waals surface area contributed by atoms with Gasteiger partial charge in [-0.2, -0.15) is 13.2 Å². The summed E-state index contributed by atoms with van der Waals surface area (Å²) in [5.41, 5.74) is -0.899. The summed E-state index contributed by atoms with van der Waals surface area (Å²) >= 11 is 0. The fourth-order valence-electron chi connectivity index (χ4n) is 2.50. The average molecular weight is 283 g/mol. The van der Waals surface area contributed by atoms with Crippen molar-refractivity contribution >= 4 is 10.9 Å². The summed E-state index contributed by atoms with van der Waals surface area (Å²) < 4.78 is 44.0. The van der Waals surface area contributed by atoms with Gasteiger partial charge in [0, 0.05) is 11.8 Å². The van der Waals surface area contributed by atoms with Gasteiger partial charge in [0.15, 0.2) is 0 Å². The van der Waals surface area contributed by atoms with Gasteiger partial charge in [-0.15, -0.1) is 0 Å². The lowest BCUT2D eigenvalue weighted by Gasteiger charge is -2.17. The molecule has 6 heteroatoms. The maximum absolute atomic E-state index is 12.8. The van der Waals surface area contributed by atoms with Crippen molar-refractivity contribution in [3.63, 3.8) is 0 Å². The Labute approximate surface area is 112 Å². The van der Waals surface area contributed by atoms with Gasteiger partial charge in [0.05, 0.1) is 16.6 Å². The number of hydrogen-bond acceptors (Lipinski definition) is 2. The molecule has 1 aliphatic rings. The van der Waals surface area contributed by atoms with Crippen LogP contribution in [0.1, 0.15) is 25.0 Å². The summed E-state index contributed by atoms with van der Waals surface area (Å²) in [4.78, 5) is 14.5. The molecule has 0 radical (unpaired) electrons. The molecule has 2 heterocycles. The van der Waals surface area contributed by atoms with Crippen LogP contribution in [0.4, 0.5) is 13.2 Å². The van der Waals surface area contributed by atoms with Crippen LogP contribution in [0.2, 0.25) is 0 Å². The first kappa shape index (κ1) is 13.0. The van der Waals surface area contributed by atoms with E-state index >= 15 is 0 Å². The molecule has 20 heavy (non-hydrogen) atoms. The van der Waals surface area contributed by atoms with E-state index in [0.29, 0.717) is 22.9 Å². The van der Waals surface area contributed by atoms with Gasteiger partial charge in [0.2, 0.25) is 0 Å². The van der Waals surface area contributed by atoms with E-state index in [4.69, 9.17) is 4.74 Å². The van der Waals surface area contributed by atoms with Gasteiger partial charge in [-0.25, -0.2) is 0 Å². The molecule has 0 amide bonds. The van der Waals surface area contributed by atoms with Gasteiger partial charge >= 0.3 is 6.18 Å². The average Bonchev–Trinajstić information content (AvgIpc) is 2.64. The predicted molar refractivity (Wildman–Crippen MR) is 68.0 cm³/mol. The van der Waals surface area contributed by atoms with Gasteiger partial charge in [0.25, 0.3) is 5.56 Å². The van der Waals surface area contributed by atoms with Crippen molar-refractivity contribution < 1.29 is 17.9 Å². The molecule has 0 saturated heterocycles. The Morgan fingerprint density at radius 1 is 1.30 bits per heavy atom. The van der Waals surface area contributed by atoms with Crippen LogP contribution in [0.3, 0.4) is 0 Å². The Bertz CT molecular complexity index is 759. The number of fused-ring (bicyclic) bond motifs is 3. The maximum Gasteiger partial charge on any atom is 0.416 e. The predicted octanol–water partition coefficient (Wildman–Crippen LogP) is 3.26. The Balaban J connectivity index is 2.32. The van der Waals surface area contributed by atoms with E-state index in [9.17, 15) is 18.0 Å². The lowest BCUT2D eigenvalue weighted by molar-refractivity contribution is -0.137. The third-order valence-electron chi connectivity index (χ3n) is 3.37. The molecule has 1 aromatic heterocycles. The van der Waals surface area contributed by atoms with Crippen LogP contribution in [0.25, 0.3) is 10.9 Å². The highest BCUT2D eigenvalue weighted by Crippen LogP contribution is 2.40. The molecule has 106 valence electrons. The standard InChI is InChI=1S/C14H12F3NO2/c1-13(2)6-9-11(20-13)8-5-7(14(15,16)17)3-4-10(8)18-12(9)19/h3-5H,6H2,1-2H3,(H,18,19). The molecule has 3 rings (SSSR count). The highest BCUT2D eigenvalue weighted by molar-refractivity contribution is 5.87. The van der Waals surface area contributed by atoms with Crippen LogP contribution in [0, 0.1) is 0 Å². The number of alkyl halides is 3. The number of aromatic amines is 1. The zero-order chi connectivity index (χ0) is 14.7. The SMILES string of the molecule is CC1(C)Cc2c(c3cc(C(F)(F)F)ccc3[nH]c2=O)O1. The van der Waals surface area contributed by atoms with E-state index in [0.717, 1.165) is 12.1 Å². The second kappa shape index (κ2) is 3.77. The summed E-state index contributed by atoms with van der Waals surface area (Å²) in [6.45, 7) is 3.60. The van der Waals surface area contributed by atoms with Crippen LogP contribution in [0.15, 0.2) is 23.0 Å². The van der Waals surface area contributed by atoms with Crippen molar-refractivity contribution in [3.05, 3.63) is 39.7 Å². The largest absolute Gasteiger partial charge is 0.486 e. The number of halogens is 3. The smallest absolute Gasteiger partial charge is 0.416 e. The third-order valence-corrected chi connectivity index (χ3v) is 3.37. The first-order chi connectivity index (χ1) is 9.17. The molecule has 1 aliphatic heterocycles. The van der Waals surface area contributed by atoms with Crippen LogP contribution in [-0.2, 0) is 12.6 Å². The minimum atomic E-state index is -4.43. The molecular weight excluding hydrogens is 271 g/mol. The maximum atomic E-state index is 12.8. The van der Waals surface area contributed by atoms with Gasteiger partial charge in [0.1, 0.15) is 11.4 Å². The quantitative estimate of drug-likeness (QED) is 0.806. The van der Waals surface area contributed by atoms with E-state index in [-0.39, 0.29) is 11.3 Å². The van der Waals surface area contributed by atoms with Gasteiger partial charge in [-0.3, -0.25) is 4.79 Å². The van der Waals surface area contributed by atoms with Crippen molar-refractivity contribution in [1.82, 2.24) is 4.98 Å². The number of aromatic nitrogens is 1. The van der Waals surface area contributed by atoms with Crippen molar-refractivity contribution in [2.45, 2.75) is 32.0 Å². The highest BCUT2D eigenvalue weighted by Gasteiger charge is 2.35. The summed E-state index contributed by atoms with van der Waals surface area (Å²) in [5.74, 6) is 0.264. The van der Waals surface area contributed by atoms with Crippen molar-refractivity contribution in [1.29, 1.82) is 0 Å². The monoisotopic (exact) mass is 283 g/mol. The molecule has 0 atom stereocenters. The van der Waals surface area contributed by atoms with Gasteiger partial charge < -0.3 is 9.72 Å². The fraction of sp³-hybridized carbons (Fsp3) is 0.357. The van der Waals surface area contributed by atoms with E-state index in [2.05, 4.69) is 4.98 Å². The van der Waals surface area contributed by atoms with E-state index < -0.39 is 17.3 Å². The molecule has 0 saturated carbocycles. The second-order valence-electron chi connectivity index (χ2n) is 5.56. The first-order valence-corrected chi connectivity index (χ1v) is 6.12. The zero-order valence-corrected chi connectivity index (χ0v) is 10.9. The summed E-state index contributed by atoms with van der Waals surface area (Å²) in [6, 6.07) is 3.23. The highest BCUT2D eigenvalue weighted by atomic mass is 19.4. The Morgan fingerprint density at radius 3 is 2.65 bits per heavy atom. The number of benzene rings is 1. The Hall–Kier alpha value is -1.98. The minimum Gasteiger partial charge on any atom is -0.486 e. The van der Waals surface area contributed by atoms with Gasteiger partial charge in [-0.1, -0.05) is 0 Å². The molecule has 0 fully saturated rings. The molecule has 0 unspecified atom stereocenters. The van der Waals surface area contributed by atoms with E-state index in [1.807, 2.05) is 0 Å². The van der Waals surface area contributed by atoms with Crippen LogP contribution >= 0.6 is 0 Å². The number of H-pyrrole nitrogens is 1. The van der Waals surface area contributed by atoms with Crippen LogP contribution in [0.5, 0.6) is 5.75 Å². The number of ether oxygens (including phenoxy) is 1. The fourth-order valence-corrected chi connectivity index (χ4v) is 2.50. The van der Waals surface area contributed by atoms with Crippen molar-refractivity contribution in [2.24, 2.45) is 0 Å². The lowest BCUT2D eigenvalue weighted by Crippen LogP contribution is -2.25. The molecule has 0 spiro atoms. The summed E-state index contributed by atoms with van der Waals surface area (Å²) in [7, 11) is 0. The second-order valence-corrected chi connectivity index (χ2v) is 5.56. The van der Waals surface area contributed by atoms with Crippen molar-refractivity contribution in [2.75, 3.05) is 0 Å². The molecule has 2 aromatic rings.